The van der Waals surface area contributed by atoms with Crippen molar-refractivity contribution in [1.29, 1.82) is 0 Å². The fraction of sp³-hybridized carbons (Fsp3) is 0.385. The second-order valence-corrected chi connectivity index (χ2v) is 4.59. The number of carbonyl (C=O) groups excluding carboxylic acids is 1. The molecule has 2 rings (SSSR count). The normalized spacial score (nSPS) is 12.9. The van der Waals surface area contributed by atoms with Crippen molar-refractivity contribution in [3.63, 3.8) is 0 Å². The number of rotatable bonds is 3. The highest BCUT2D eigenvalue weighted by atomic mass is 19.1. The van der Waals surface area contributed by atoms with E-state index in [1.165, 1.54) is 10.6 Å². The third-order valence-electron chi connectivity index (χ3n) is 2.92. The van der Waals surface area contributed by atoms with Gasteiger partial charge < -0.3 is 9.88 Å². The van der Waals surface area contributed by atoms with Crippen LogP contribution in [0, 0.1) is 11.7 Å². The maximum atomic E-state index is 13.8. The molecule has 1 aromatic heterocycles. The molecule has 1 N–H and O–H groups in total. The van der Waals surface area contributed by atoms with Crippen LogP contribution in [0.3, 0.4) is 0 Å². The molecular formula is C13H15FN2O2. The summed E-state index contributed by atoms with van der Waals surface area (Å²) in [6.45, 7) is 3.87. The van der Waals surface area contributed by atoms with Gasteiger partial charge in [0.25, 0.3) is 5.56 Å². The number of carbonyl (C=O) groups is 1. The SMILES string of the molecule is CC(C)C(=O)NCc1c(F)cc2n(c1=O)CC=C2. The molecule has 18 heavy (non-hydrogen) atoms. The minimum Gasteiger partial charge on any atom is -0.351 e. The number of amides is 1. The zero-order chi connectivity index (χ0) is 13.3. The van der Waals surface area contributed by atoms with Crippen molar-refractivity contribution < 1.29 is 9.18 Å². The minimum atomic E-state index is -0.568. The van der Waals surface area contributed by atoms with Gasteiger partial charge in [0.1, 0.15) is 5.82 Å². The van der Waals surface area contributed by atoms with E-state index in [0.29, 0.717) is 12.2 Å². The third-order valence-corrected chi connectivity index (χ3v) is 2.92. The van der Waals surface area contributed by atoms with Crippen molar-refractivity contribution in [2.75, 3.05) is 0 Å². The van der Waals surface area contributed by atoms with Crippen molar-refractivity contribution in [2.45, 2.75) is 26.9 Å². The first-order chi connectivity index (χ1) is 8.50. The molecule has 1 aliphatic heterocycles. The monoisotopic (exact) mass is 250 g/mol. The van der Waals surface area contributed by atoms with Crippen molar-refractivity contribution in [3.05, 3.63) is 39.6 Å². The maximum Gasteiger partial charge on any atom is 0.259 e. The molecule has 0 spiro atoms. The molecule has 0 unspecified atom stereocenters. The largest absolute Gasteiger partial charge is 0.351 e. The van der Waals surface area contributed by atoms with Gasteiger partial charge in [-0.05, 0) is 12.1 Å². The second-order valence-electron chi connectivity index (χ2n) is 4.59. The average Bonchev–Trinajstić information content (AvgIpc) is 2.76. The Kier molecular flexibility index (Phi) is 3.32. The molecule has 4 nitrogen and oxygen atoms in total. The van der Waals surface area contributed by atoms with Gasteiger partial charge >= 0.3 is 0 Å². The lowest BCUT2D eigenvalue weighted by molar-refractivity contribution is -0.124. The number of halogens is 1. The van der Waals surface area contributed by atoms with Crippen LogP contribution in [0.5, 0.6) is 0 Å². The first-order valence-corrected chi connectivity index (χ1v) is 5.87. The fourth-order valence-corrected chi connectivity index (χ4v) is 1.82. The van der Waals surface area contributed by atoms with Crippen LogP contribution in [0.2, 0.25) is 0 Å². The number of hydrogen-bond donors (Lipinski definition) is 1. The van der Waals surface area contributed by atoms with Gasteiger partial charge in [0.2, 0.25) is 5.91 Å². The number of aromatic nitrogens is 1. The maximum absolute atomic E-state index is 13.8. The zero-order valence-electron chi connectivity index (χ0n) is 10.4. The predicted octanol–water partition coefficient (Wildman–Crippen LogP) is 1.29. The lowest BCUT2D eigenvalue weighted by Gasteiger charge is -2.10. The number of hydrogen-bond acceptors (Lipinski definition) is 2. The smallest absolute Gasteiger partial charge is 0.259 e. The second kappa shape index (κ2) is 4.76. The van der Waals surface area contributed by atoms with Gasteiger partial charge in [-0.15, -0.1) is 0 Å². The van der Waals surface area contributed by atoms with Crippen LogP contribution in [0.4, 0.5) is 4.39 Å². The quantitative estimate of drug-likeness (QED) is 0.878. The van der Waals surface area contributed by atoms with E-state index in [4.69, 9.17) is 0 Å². The lowest BCUT2D eigenvalue weighted by Crippen LogP contribution is -2.33. The van der Waals surface area contributed by atoms with Crippen LogP contribution < -0.4 is 10.9 Å². The van der Waals surface area contributed by atoms with E-state index in [9.17, 15) is 14.0 Å². The number of nitrogens with one attached hydrogen (secondary N) is 1. The van der Waals surface area contributed by atoms with Crippen molar-refractivity contribution in [1.82, 2.24) is 9.88 Å². The number of allylic oxidation sites excluding steroid dienone is 1. The van der Waals surface area contributed by atoms with Crippen LogP contribution in [0.25, 0.3) is 6.08 Å². The number of fused-ring (bicyclic) bond motifs is 1. The van der Waals surface area contributed by atoms with Crippen LogP contribution >= 0.6 is 0 Å². The molecule has 1 aliphatic rings. The van der Waals surface area contributed by atoms with Crippen molar-refractivity contribution in [3.8, 4) is 0 Å². The highest BCUT2D eigenvalue weighted by Gasteiger charge is 2.16. The Morgan fingerprint density at radius 2 is 2.28 bits per heavy atom. The Bertz CT molecular complexity index is 573. The summed E-state index contributed by atoms with van der Waals surface area (Å²) < 4.78 is 15.2. The number of nitrogens with zero attached hydrogens (tertiary/aromatic N) is 1. The first kappa shape index (κ1) is 12.5. The van der Waals surface area contributed by atoms with E-state index in [-0.39, 0.29) is 29.5 Å². The van der Waals surface area contributed by atoms with E-state index >= 15 is 0 Å². The molecule has 96 valence electrons. The van der Waals surface area contributed by atoms with E-state index in [1.54, 1.807) is 26.0 Å². The van der Waals surface area contributed by atoms with Gasteiger partial charge in [0, 0.05) is 18.2 Å². The van der Waals surface area contributed by atoms with E-state index in [2.05, 4.69) is 5.32 Å². The summed E-state index contributed by atoms with van der Waals surface area (Å²) in [5, 5.41) is 2.56. The summed E-state index contributed by atoms with van der Waals surface area (Å²) in [5.41, 5.74) is 0.201. The molecule has 0 radical (unpaired) electrons. The van der Waals surface area contributed by atoms with Gasteiger partial charge in [-0.25, -0.2) is 4.39 Å². The topological polar surface area (TPSA) is 51.1 Å². The zero-order valence-corrected chi connectivity index (χ0v) is 10.4. The molecule has 0 fully saturated rings. The Hall–Kier alpha value is -1.91. The number of pyridine rings is 1. The Balaban J connectivity index is 2.25. The van der Waals surface area contributed by atoms with E-state index in [0.717, 1.165) is 0 Å². The standard InChI is InChI=1S/C13H15FN2O2/c1-8(2)12(17)15-7-10-11(14)6-9-4-3-5-16(9)13(10)18/h3-4,6,8H,5,7H2,1-2H3,(H,15,17). The summed E-state index contributed by atoms with van der Waals surface area (Å²) in [4.78, 5) is 23.4. The fourth-order valence-electron chi connectivity index (χ4n) is 1.82. The Morgan fingerprint density at radius 3 is 2.94 bits per heavy atom. The summed E-state index contributed by atoms with van der Waals surface area (Å²) in [6, 6.07) is 1.32. The molecule has 0 aliphatic carbocycles. The highest BCUT2D eigenvalue weighted by Crippen LogP contribution is 2.12. The van der Waals surface area contributed by atoms with Gasteiger partial charge in [0.15, 0.2) is 0 Å². The van der Waals surface area contributed by atoms with Crippen molar-refractivity contribution in [2.24, 2.45) is 5.92 Å². The van der Waals surface area contributed by atoms with Gasteiger partial charge in [-0.3, -0.25) is 9.59 Å². The third kappa shape index (κ3) is 2.20. The summed E-state index contributed by atoms with van der Waals surface area (Å²) in [7, 11) is 0. The van der Waals surface area contributed by atoms with Crippen LogP contribution in [0.1, 0.15) is 25.1 Å². The molecular weight excluding hydrogens is 235 g/mol. The average molecular weight is 250 g/mol. The molecule has 1 aromatic rings. The summed E-state index contributed by atoms with van der Waals surface area (Å²) in [5.74, 6) is -0.953. The minimum absolute atomic E-state index is 0.0106. The lowest BCUT2D eigenvalue weighted by atomic mass is 10.2. The molecule has 1 amide bonds. The van der Waals surface area contributed by atoms with Crippen LogP contribution in [0.15, 0.2) is 16.9 Å². The molecule has 5 heteroatoms. The molecule has 0 bridgehead atoms. The van der Waals surface area contributed by atoms with Gasteiger partial charge in [0.05, 0.1) is 12.1 Å². The molecule has 0 aromatic carbocycles. The Labute approximate surface area is 104 Å². The van der Waals surface area contributed by atoms with Gasteiger partial charge in [-0.2, -0.15) is 0 Å². The summed E-state index contributed by atoms with van der Waals surface area (Å²) in [6.07, 6.45) is 3.51. The Morgan fingerprint density at radius 1 is 1.56 bits per heavy atom. The first-order valence-electron chi connectivity index (χ1n) is 5.87. The van der Waals surface area contributed by atoms with E-state index in [1.807, 2.05) is 0 Å². The van der Waals surface area contributed by atoms with Gasteiger partial charge in [-0.1, -0.05) is 19.9 Å². The predicted molar refractivity (Wildman–Crippen MR) is 66.4 cm³/mol. The molecule has 2 heterocycles. The molecule has 0 atom stereocenters. The van der Waals surface area contributed by atoms with Crippen LogP contribution in [-0.2, 0) is 17.9 Å². The summed E-state index contributed by atoms with van der Waals surface area (Å²) >= 11 is 0. The van der Waals surface area contributed by atoms with E-state index < -0.39 is 5.82 Å². The molecule has 0 saturated heterocycles. The van der Waals surface area contributed by atoms with Crippen molar-refractivity contribution >= 4 is 12.0 Å². The highest BCUT2D eigenvalue weighted by molar-refractivity contribution is 5.77. The molecule has 0 saturated carbocycles. The van der Waals surface area contributed by atoms with Crippen LogP contribution in [-0.4, -0.2) is 10.5 Å².